The quantitative estimate of drug-likeness (QED) is 0.677. The average molecular weight is 457 g/mol. The third-order valence-electron chi connectivity index (χ3n) is 6.81. The first-order chi connectivity index (χ1) is 15.0. The van der Waals surface area contributed by atoms with Crippen molar-refractivity contribution in [2.45, 2.75) is 82.8 Å². The van der Waals surface area contributed by atoms with Crippen LogP contribution in [0.5, 0.6) is 0 Å². The number of ether oxygens (including phenoxy) is 2. The number of alkyl halides is 3. The number of amides is 1. The summed E-state index contributed by atoms with van der Waals surface area (Å²) in [6.07, 6.45) is -1.03. The molecule has 3 rings (SSSR count). The fraction of sp³-hybridized carbons (Fsp3) is 0.708. The zero-order valence-electron chi connectivity index (χ0n) is 19.4. The van der Waals surface area contributed by atoms with Crippen molar-refractivity contribution < 1.29 is 27.4 Å². The maximum absolute atomic E-state index is 12.8. The molecule has 2 fully saturated rings. The maximum Gasteiger partial charge on any atom is 0.416 e. The van der Waals surface area contributed by atoms with Gasteiger partial charge >= 0.3 is 6.18 Å². The Morgan fingerprint density at radius 3 is 2.09 bits per heavy atom. The normalized spacial score (nSPS) is 26.8. The number of nitrogens with zero attached hydrogens (tertiary/aromatic N) is 1. The number of hydrogen-bond acceptors (Lipinski definition) is 4. The Kier molecular flexibility index (Phi) is 7.57. The first-order valence-electron chi connectivity index (χ1n) is 11.4. The van der Waals surface area contributed by atoms with E-state index in [4.69, 9.17) is 9.47 Å². The summed E-state index contributed by atoms with van der Waals surface area (Å²) in [5, 5.41) is 3.02. The van der Waals surface area contributed by atoms with Crippen LogP contribution in [0, 0.1) is 0 Å². The van der Waals surface area contributed by atoms with Crippen LogP contribution >= 0.6 is 0 Å². The van der Waals surface area contributed by atoms with Crippen LogP contribution in [0.3, 0.4) is 0 Å². The average Bonchev–Trinajstić information content (AvgIpc) is 2.74. The van der Waals surface area contributed by atoms with Gasteiger partial charge in [0.15, 0.2) is 0 Å². The van der Waals surface area contributed by atoms with Crippen LogP contribution in [-0.4, -0.2) is 60.4 Å². The molecule has 0 unspecified atom stereocenters. The second-order valence-corrected chi connectivity index (χ2v) is 9.66. The number of rotatable bonds is 6. The lowest BCUT2D eigenvalue weighted by Gasteiger charge is -2.55. The number of carbonyl (C=O) groups excluding carboxylic acids is 1. The molecular weight excluding hydrogens is 421 g/mol. The van der Waals surface area contributed by atoms with Gasteiger partial charge in [0.25, 0.3) is 5.91 Å². The lowest BCUT2D eigenvalue weighted by Crippen LogP contribution is -2.64. The molecule has 1 aliphatic carbocycles. The van der Waals surface area contributed by atoms with Gasteiger partial charge in [-0.1, -0.05) is 0 Å². The number of benzene rings is 1. The van der Waals surface area contributed by atoms with Crippen LogP contribution in [0.2, 0.25) is 0 Å². The Balaban J connectivity index is 1.75. The molecule has 2 aliphatic rings. The predicted molar refractivity (Wildman–Crippen MR) is 117 cm³/mol. The van der Waals surface area contributed by atoms with Crippen molar-refractivity contribution in [1.29, 1.82) is 0 Å². The molecular formula is C24H35F3N2O3. The van der Waals surface area contributed by atoms with Gasteiger partial charge < -0.3 is 14.8 Å². The molecule has 32 heavy (non-hydrogen) atoms. The van der Waals surface area contributed by atoms with E-state index in [1.807, 2.05) is 0 Å². The molecule has 1 spiro atoms. The summed E-state index contributed by atoms with van der Waals surface area (Å²) >= 11 is 0. The Bertz CT molecular complexity index is 754. The van der Waals surface area contributed by atoms with E-state index in [-0.39, 0.29) is 34.7 Å². The molecule has 1 saturated heterocycles. The zero-order valence-corrected chi connectivity index (χ0v) is 19.4. The highest BCUT2D eigenvalue weighted by Gasteiger charge is 2.48. The summed E-state index contributed by atoms with van der Waals surface area (Å²) in [5.41, 5.74) is -1.04. The van der Waals surface area contributed by atoms with E-state index < -0.39 is 11.7 Å². The van der Waals surface area contributed by atoms with E-state index in [2.05, 4.69) is 37.9 Å². The van der Waals surface area contributed by atoms with E-state index in [1.54, 1.807) is 0 Å². The Hall–Kier alpha value is -1.64. The number of nitrogens with one attached hydrogen (secondary N) is 1. The van der Waals surface area contributed by atoms with Gasteiger partial charge in [0.1, 0.15) is 0 Å². The molecule has 8 heteroatoms. The smallest absolute Gasteiger partial charge is 0.376 e. The first kappa shape index (κ1) is 25.0. The van der Waals surface area contributed by atoms with Gasteiger partial charge in [-0.15, -0.1) is 0 Å². The lowest BCUT2D eigenvalue weighted by atomic mass is 9.72. The molecule has 5 nitrogen and oxygen atoms in total. The van der Waals surface area contributed by atoms with Crippen molar-refractivity contribution in [2.75, 3.05) is 26.4 Å². The van der Waals surface area contributed by atoms with Crippen LogP contribution in [-0.2, 0) is 15.7 Å². The minimum absolute atomic E-state index is 0.227. The van der Waals surface area contributed by atoms with Crippen LogP contribution in [0.4, 0.5) is 13.2 Å². The van der Waals surface area contributed by atoms with E-state index in [1.165, 1.54) is 12.1 Å². The van der Waals surface area contributed by atoms with Gasteiger partial charge in [0.05, 0.1) is 31.0 Å². The Morgan fingerprint density at radius 2 is 1.62 bits per heavy atom. The lowest BCUT2D eigenvalue weighted by molar-refractivity contribution is -0.186. The van der Waals surface area contributed by atoms with Gasteiger partial charge in [-0.25, -0.2) is 0 Å². The molecule has 0 radical (unpaired) electrons. The molecule has 1 heterocycles. The SMILES string of the molecule is CC(C)N(C(C)C)C1(CNC(=O)c2ccc(C(F)(F)F)cc2)CCC2(CC1)COCCO2. The van der Waals surface area contributed by atoms with Gasteiger partial charge in [0, 0.05) is 29.7 Å². The molecule has 0 atom stereocenters. The molecule has 1 N–H and O–H groups in total. The van der Waals surface area contributed by atoms with Crippen molar-refractivity contribution in [3.63, 3.8) is 0 Å². The minimum Gasteiger partial charge on any atom is -0.376 e. The van der Waals surface area contributed by atoms with Gasteiger partial charge in [-0.2, -0.15) is 13.2 Å². The summed E-state index contributed by atoms with van der Waals surface area (Å²) < 4.78 is 50.3. The van der Waals surface area contributed by atoms with Gasteiger partial charge in [-0.05, 0) is 77.6 Å². The first-order valence-corrected chi connectivity index (χ1v) is 11.4. The summed E-state index contributed by atoms with van der Waals surface area (Å²) in [7, 11) is 0. The van der Waals surface area contributed by atoms with Crippen LogP contribution in [0.1, 0.15) is 69.3 Å². The van der Waals surface area contributed by atoms with Crippen molar-refractivity contribution >= 4 is 5.91 Å². The molecule has 180 valence electrons. The van der Waals surface area contributed by atoms with Crippen molar-refractivity contribution in [1.82, 2.24) is 10.2 Å². The Labute approximate surface area is 188 Å². The predicted octanol–water partition coefficient (Wildman–Crippen LogP) is 4.65. The zero-order chi connectivity index (χ0) is 23.6. The molecule has 1 amide bonds. The third kappa shape index (κ3) is 5.46. The largest absolute Gasteiger partial charge is 0.416 e. The highest BCUT2D eigenvalue weighted by Crippen LogP contribution is 2.43. The topological polar surface area (TPSA) is 50.8 Å². The van der Waals surface area contributed by atoms with Crippen LogP contribution in [0.15, 0.2) is 24.3 Å². The second-order valence-electron chi connectivity index (χ2n) is 9.66. The van der Waals surface area contributed by atoms with E-state index in [0.29, 0.717) is 26.4 Å². The van der Waals surface area contributed by atoms with Gasteiger partial charge in [0.2, 0.25) is 0 Å². The van der Waals surface area contributed by atoms with E-state index >= 15 is 0 Å². The number of halogens is 3. The van der Waals surface area contributed by atoms with Crippen molar-refractivity contribution in [3.05, 3.63) is 35.4 Å². The number of hydrogen-bond donors (Lipinski definition) is 1. The maximum atomic E-state index is 12.8. The summed E-state index contributed by atoms with van der Waals surface area (Å²) in [5.74, 6) is -0.358. The van der Waals surface area contributed by atoms with Crippen molar-refractivity contribution in [2.24, 2.45) is 0 Å². The van der Waals surface area contributed by atoms with Crippen LogP contribution < -0.4 is 5.32 Å². The van der Waals surface area contributed by atoms with Crippen LogP contribution in [0.25, 0.3) is 0 Å². The van der Waals surface area contributed by atoms with Crippen molar-refractivity contribution in [3.8, 4) is 0 Å². The standard InChI is InChI=1S/C24H35F3N2O3/c1-17(2)29(18(3)4)22(9-11-23(12-10-22)16-31-13-14-32-23)15-28-21(30)19-5-7-20(8-6-19)24(25,26)27/h5-8,17-18H,9-16H2,1-4H3,(H,28,30). The molecule has 0 bridgehead atoms. The summed E-state index contributed by atoms with van der Waals surface area (Å²) in [6, 6.07) is 4.91. The van der Waals surface area contributed by atoms with E-state index in [0.717, 1.165) is 37.8 Å². The fourth-order valence-corrected chi connectivity index (χ4v) is 5.45. The Morgan fingerprint density at radius 1 is 1.03 bits per heavy atom. The highest BCUT2D eigenvalue weighted by molar-refractivity contribution is 5.94. The molecule has 1 saturated carbocycles. The molecule has 1 aromatic carbocycles. The fourth-order valence-electron chi connectivity index (χ4n) is 5.45. The van der Waals surface area contributed by atoms with E-state index in [9.17, 15) is 18.0 Å². The molecule has 0 aromatic heterocycles. The number of carbonyl (C=O) groups is 1. The minimum atomic E-state index is -4.42. The van der Waals surface area contributed by atoms with Gasteiger partial charge in [-0.3, -0.25) is 9.69 Å². The monoisotopic (exact) mass is 456 g/mol. The summed E-state index contributed by atoms with van der Waals surface area (Å²) in [6.45, 7) is 10.9. The second kappa shape index (κ2) is 9.69. The summed E-state index contributed by atoms with van der Waals surface area (Å²) in [4.78, 5) is 15.2. The molecule has 1 aromatic rings. The highest BCUT2D eigenvalue weighted by atomic mass is 19.4. The molecule has 1 aliphatic heterocycles. The third-order valence-corrected chi connectivity index (χ3v) is 6.81.